The Kier molecular flexibility index (Phi) is 1.92. The topological polar surface area (TPSA) is 45.8 Å². The zero-order valence-electron chi connectivity index (χ0n) is 6.97. The van der Waals surface area contributed by atoms with E-state index in [1.165, 1.54) is 0 Å². The Bertz CT molecular complexity index is 476. The van der Waals surface area contributed by atoms with Crippen molar-refractivity contribution in [1.29, 1.82) is 0 Å². The van der Waals surface area contributed by atoms with Gasteiger partial charge in [-0.3, -0.25) is 4.79 Å². The maximum Gasteiger partial charge on any atom is 0.152 e. The molecule has 0 atom stereocenters. The Balaban J connectivity index is 2.93. The molecule has 0 unspecified atom stereocenters. The van der Waals surface area contributed by atoms with Crippen LogP contribution in [0.1, 0.15) is 15.9 Å². The summed E-state index contributed by atoms with van der Waals surface area (Å²) >= 11 is 3.37. The van der Waals surface area contributed by atoms with Gasteiger partial charge in [-0.2, -0.15) is 0 Å². The van der Waals surface area contributed by atoms with Crippen molar-refractivity contribution in [3.63, 3.8) is 0 Å². The number of aromatic amines is 1. The smallest absolute Gasteiger partial charge is 0.152 e. The predicted octanol–water partition coefficient (Wildman–Crippen LogP) is 2.45. The van der Waals surface area contributed by atoms with Gasteiger partial charge in [0.25, 0.3) is 0 Å². The molecule has 0 amide bonds. The average Bonchev–Trinajstić information content (AvgIpc) is 2.55. The van der Waals surface area contributed by atoms with Gasteiger partial charge in [0.15, 0.2) is 6.29 Å². The fourth-order valence-electron chi connectivity index (χ4n) is 1.35. The Hall–Kier alpha value is -1.16. The van der Waals surface area contributed by atoms with Crippen LogP contribution in [0.4, 0.5) is 0 Å². The predicted molar refractivity (Wildman–Crippen MR) is 53.9 cm³/mol. The third kappa shape index (κ3) is 1.18. The van der Waals surface area contributed by atoms with Gasteiger partial charge < -0.3 is 4.98 Å². The van der Waals surface area contributed by atoms with Crippen molar-refractivity contribution in [3.8, 4) is 0 Å². The first-order valence-corrected chi connectivity index (χ1v) is 4.60. The molecule has 0 saturated carbocycles. The van der Waals surface area contributed by atoms with E-state index in [-0.39, 0.29) is 0 Å². The highest BCUT2D eigenvalue weighted by Crippen LogP contribution is 2.25. The van der Waals surface area contributed by atoms with Crippen LogP contribution in [0.15, 0.2) is 16.9 Å². The molecular formula is C9H7BrN2O. The monoisotopic (exact) mass is 238 g/mol. The number of rotatable bonds is 1. The van der Waals surface area contributed by atoms with Gasteiger partial charge in [-0.15, -0.1) is 0 Å². The van der Waals surface area contributed by atoms with E-state index in [1.807, 2.05) is 6.92 Å². The average molecular weight is 239 g/mol. The molecule has 2 rings (SSSR count). The van der Waals surface area contributed by atoms with Gasteiger partial charge >= 0.3 is 0 Å². The molecule has 0 saturated heterocycles. The number of pyridine rings is 1. The van der Waals surface area contributed by atoms with Crippen LogP contribution in [-0.4, -0.2) is 16.3 Å². The number of aldehydes is 1. The molecule has 4 heteroatoms. The van der Waals surface area contributed by atoms with Crippen LogP contribution < -0.4 is 0 Å². The number of H-pyrrole nitrogens is 1. The van der Waals surface area contributed by atoms with Crippen molar-refractivity contribution in [2.45, 2.75) is 6.92 Å². The second kappa shape index (κ2) is 2.96. The van der Waals surface area contributed by atoms with Gasteiger partial charge in [-0.25, -0.2) is 4.98 Å². The van der Waals surface area contributed by atoms with Gasteiger partial charge in [-0.1, -0.05) is 0 Å². The van der Waals surface area contributed by atoms with Crippen molar-refractivity contribution in [2.24, 2.45) is 0 Å². The van der Waals surface area contributed by atoms with E-state index in [0.29, 0.717) is 5.56 Å². The van der Waals surface area contributed by atoms with Gasteiger partial charge in [0.1, 0.15) is 5.65 Å². The summed E-state index contributed by atoms with van der Waals surface area (Å²) in [4.78, 5) is 17.8. The molecule has 66 valence electrons. The number of halogens is 1. The zero-order chi connectivity index (χ0) is 9.42. The van der Waals surface area contributed by atoms with E-state index in [0.717, 1.165) is 27.4 Å². The molecule has 0 aliphatic carbocycles. The van der Waals surface area contributed by atoms with Crippen molar-refractivity contribution in [2.75, 3.05) is 0 Å². The standard InChI is InChI=1S/C9H7BrN2O/c1-5-7(10)3-12-9-8(5)6(4-13)2-11-9/h2-4H,1H3,(H,11,12). The maximum absolute atomic E-state index is 10.7. The molecule has 0 radical (unpaired) electrons. The largest absolute Gasteiger partial charge is 0.345 e. The minimum atomic E-state index is 0.654. The summed E-state index contributed by atoms with van der Waals surface area (Å²) in [6.07, 6.45) is 4.23. The number of fused-ring (bicyclic) bond motifs is 1. The van der Waals surface area contributed by atoms with Crippen molar-refractivity contribution in [3.05, 3.63) is 28.0 Å². The quantitative estimate of drug-likeness (QED) is 0.777. The fourth-order valence-corrected chi connectivity index (χ4v) is 1.65. The first-order chi connectivity index (χ1) is 6.24. The van der Waals surface area contributed by atoms with Crippen LogP contribution >= 0.6 is 15.9 Å². The number of aromatic nitrogens is 2. The number of nitrogens with one attached hydrogen (secondary N) is 1. The summed E-state index contributed by atoms with van der Waals surface area (Å²) in [7, 11) is 0. The molecule has 0 aliphatic rings. The molecule has 13 heavy (non-hydrogen) atoms. The minimum Gasteiger partial charge on any atom is -0.345 e. The molecule has 0 fully saturated rings. The number of carbonyl (C=O) groups excluding carboxylic acids is 1. The highest BCUT2D eigenvalue weighted by atomic mass is 79.9. The van der Waals surface area contributed by atoms with E-state index in [4.69, 9.17) is 0 Å². The molecular weight excluding hydrogens is 232 g/mol. The normalized spacial score (nSPS) is 10.6. The second-order valence-corrected chi connectivity index (χ2v) is 3.67. The number of carbonyl (C=O) groups is 1. The van der Waals surface area contributed by atoms with Crippen LogP contribution in [0, 0.1) is 6.92 Å². The van der Waals surface area contributed by atoms with Gasteiger partial charge in [0.05, 0.1) is 0 Å². The van der Waals surface area contributed by atoms with Crippen LogP contribution in [0.5, 0.6) is 0 Å². The number of nitrogens with zero attached hydrogens (tertiary/aromatic N) is 1. The van der Waals surface area contributed by atoms with Crippen LogP contribution in [0.2, 0.25) is 0 Å². The van der Waals surface area contributed by atoms with E-state index >= 15 is 0 Å². The summed E-state index contributed by atoms with van der Waals surface area (Å²) in [5.74, 6) is 0. The van der Waals surface area contributed by atoms with Crippen LogP contribution in [0.3, 0.4) is 0 Å². The fraction of sp³-hybridized carbons (Fsp3) is 0.111. The molecule has 0 bridgehead atoms. The summed E-state index contributed by atoms with van der Waals surface area (Å²) in [6.45, 7) is 1.95. The lowest BCUT2D eigenvalue weighted by atomic mass is 10.1. The lowest BCUT2D eigenvalue weighted by Crippen LogP contribution is -1.84. The summed E-state index contributed by atoms with van der Waals surface area (Å²) in [6, 6.07) is 0. The molecule has 0 aromatic carbocycles. The highest BCUT2D eigenvalue weighted by molar-refractivity contribution is 9.10. The first kappa shape index (κ1) is 8.44. The molecule has 1 N–H and O–H groups in total. The van der Waals surface area contributed by atoms with Crippen LogP contribution in [-0.2, 0) is 0 Å². The first-order valence-electron chi connectivity index (χ1n) is 3.81. The van der Waals surface area contributed by atoms with Crippen molar-refractivity contribution < 1.29 is 4.79 Å². The Labute approximate surface area is 83.3 Å². The van der Waals surface area contributed by atoms with E-state index < -0.39 is 0 Å². The van der Waals surface area contributed by atoms with Crippen molar-refractivity contribution in [1.82, 2.24) is 9.97 Å². The third-order valence-electron chi connectivity index (χ3n) is 2.06. The summed E-state index contributed by atoms with van der Waals surface area (Å²) < 4.78 is 0.919. The molecule has 0 aliphatic heterocycles. The Morgan fingerprint density at radius 3 is 3.08 bits per heavy atom. The lowest BCUT2D eigenvalue weighted by molar-refractivity contribution is 0.112. The molecule has 2 aromatic heterocycles. The van der Waals surface area contributed by atoms with Gasteiger partial charge in [0.2, 0.25) is 0 Å². The zero-order valence-corrected chi connectivity index (χ0v) is 8.55. The van der Waals surface area contributed by atoms with Crippen LogP contribution in [0.25, 0.3) is 11.0 Å². The van der Waals surface area contributed by atoms with Gasteiger partial charge in [-0.05, 0) is 28.4 Å². The highest BCUT2D eigenvalue weighted by Gasteiger charge is 2.08. The van der Waals surface area contributed by atoms with Gasteiger partial charge in [0, 0.05) is 27.8 Å². The molecule has 0 spiro atoms. The summed E-state index contributed by atoms with van der Waals surface area (Å²) in [5, 5.41) is 0.893. The number of hydrogen-bond acceptors (Lipinski definition) is 2. The van der Waals surface area contributed by atoms with E-state index in [9.17, 15) is 4.79 Å². The second-order valence-electron chi connectivity index (χ2n) is 2.82. The molecule has 2 heterocycles. The number of aryl methyl sites for hydroxylation is 1. The van der Waals surface area contributed by atoms with E-state index in [2.05, 4.69) is 25.9 Å². The van der Waals surface area contributed by atoms with E-state index in [1.54, 1.807) is 12.4 Å². The maximum atomic E-state index is 10.7. The molecule has 2 aromatic rings. The molecule has 3 nitrogen and oxygen atoms in total. The Morgan fingerprint density at radius 1 is 1.62 bits per heavy atom. The SMILES string of the molecule is Cc1c(Br)cnc2[nH]cc(C=O)c12. The lowest BCUT2D eigenvalue weighted by Gasteiger charge is -1.98. The Morgan fingerprint density at radius 2 is 2.38 bits per heavy atom. The van der Waals surface area contributed by atoms with Crippen molar-refractivity contribution >= 4 is 33.2 Å². The third-order valence-corrected chi connectivity index (χ3v) is 2.86. The minimum absolute atomic E-state index is 0.654. The summed E-state index contributed by atoms with van der Waals surface area (Å²) in [5.41, 5.74) is 2.44. The number of hydrogen-bond donors (Lipinski definition) is 1.